The second kappa shape index (κ2) is 9.90. The van der Waals surface area contributed by atoms with Gasteiger partial charge in [0, 0.05) is 32.1 Å². The van der Waals surface area contributed by atoms with Crippen LogP contribution in [0.4, 0.5) is 5.69 Å². The van der Waals surface area contributed by atoms with Crippen molar-refractivity contribution in [2.75, 3.05) is 24.8 Å². The van der Waals surface area contributed by atoms with E-state index < -0.39 is 18.5 Å². The maximum atomic E-state index is 12.5. The summed E-state index contributed by atoms with van der Waals surface area (Å²) in [6.45, 7) is -0.420. The first kappa shape index (κ1) is 23.1. The van der Waals surface area contributed by atoms with Crippen LogP contribution >= 0.6 is 23.4 Å². The second-order valence-electron chi connectivity index (χ2n) is 7.74. The van der Waals surface area contributed by atoms with Gasteiger partial charge in [-0.2, -0.15) is 0 Å². The van der Waals surface area contributed by atoms with Crippen molar-refractivity contribution in [1.29, 1.82) is 0 Å². The molecule has 0 saturated heterocycles. The highest BCUT2D eigenvalue weighted by Crippen LogP contribution is 2.36. The zero-order valence-corrected chi connectivity index (χ0v) is 20.2. The van der Waals surface area contributed by atoms with Crippen molar-refractivity contribution in [3.05, 3.63) is 77.8 Å². The normalized spacial score (nSPS) is 11.1. The molecule has 1 heterocycles. The van der Waals surface area contributed by atoms with Gasteiger partial charge in [-0.3, -0.25) is 9.59 Å². The highest BCUT2D eigenvalue weighted by Gasteiger charge is 2.16. The Labute approximate surface area is 210 Å². The van der Waals surface area contributed by atoms with Crippen LogP contribution in [0.25, 0.3) is 32.7 Å². The van der Waals surface area contributed by atoms with E-state index in [-0.39, 0.29) is 5.75 Å². The second-order valence-corrected chi connectivity index (χ2v) is 9.16. The quantitative estimate of drug-likeness (QED) is 0.196. The summed E-state index contributed by atoms with van der Waals surface area (Å²) < 4.78 is 16.5. The first-order valence-electron chi connectivity index (χ1n) is 10.8. The van der Waals surface area contributed by atoms with Crippen LogP contribution in [0.3, 0.4) is 0 Å². The van der Waals surface area contributed by atoms with Crippen LogP contribution in [0.1, 0.15) is 0 Å². The molecule has 5 rings (SSSR count). The van der Waals surface area contributed by atoms with E-state index >= 15 is 0 Å². The van der Waals surface area contributed by atoms with Gasteiger partial charge in [0.15, 0.2) is 6.61 Å². The number of thioether (sulfide) groups is 1. The van der Waals surface area contributed by atoms with E-state index in [1.54, 1.807) is 6.07 Å². The van der Waals surface area contributed by atoms with E-state index in [0.29, 0.717) is 22.0 Å². The molecular formula is C27H20ClNO5S. The Morgan fingerprint density at radius 1 is 0.971 bits per heavy atom. The molecule has 0 unspecified atom stereocenters. The van der Waals surface area contributed by atoms with Crippen LogP contribution in [0.5, 0.6) is 5.75 Å². The van der Waals surface area contributed by atoms with Crippen molar-refractivity contribution in [1.82, 2.24) is 0 Å². The van der Waals surface area contributed by atoms with Crippen LogP contribution in [-0.2, 0) is 14.3 Å². The molecule has 0 saturated carbocycles. The van der Waals surface area contributed by atoms with Crippen LogP contribution < -0.4 is 10.1 Å². The van der Waals surface area contributed by atoms with Crippen molar-refractivity contribution in [2.24, 2.45) is 0 Å². The van der Waals surface area contributed by atoms with E-state index in [0.717, 1.165) is 32.0 Å². The number of nitrogens with one attached hydrogen (secondary N) is 1. The summed E-state index contributed by atoms with van der Waals surface area (Å²) >= 11 is 7.66. The summed E-state index contributed by atoms with van der Waals surface area (Å²) in [5.74, 6) is -0.461. The first-order valence-corrected chi connectivity index (χ1v) is 12.1. The molecule has 35 heavy (non-hydrogen) atoms. The Kier molecular flexibility index (Phi) is 6.53. The van der Waals surface area contributed by atoms with Gasteiger partial charge in [0.05, 0.1) is 18.6 Å². The third-order valence-corrected chi connectivity index (χ3v) is 6.84. The molecular weight excluding hydrogens is 486 g/mol. The topological polar surface area (TPSA) is 77.8 Å². The molecule has 8 heteroatoms. The molecule has 5 aromatic rings. The summed E-state index contributed by atoms with van der Waals surface area (Å²) in [5, 5.41) is 7.07. The number of anilines is 1. The Hall–Kier alpha value is -3.68. The van der Waals surface area contributed by atoms with Gasteiger partial charge in [0.2, 0.25) is 0 Å². The van der Waals surface area contributed by atoms with Crippen molar-refractivity contribution in [2.45, 2.75) is 4.90 Å². The largest absolute Gasteiger partial charge is 0.495 e. The molecule has 0 radical (unpaired) electrons. The lowest BCUT2D eigenvalue weighted by molar-refractivity contribution is -0.144. The number of esters is 1. The fourth-order valence-electron chi connectivity index (χ4n) is 3.91. The molecule has 1 aromatic heterocycles. The number of carbonyl (C=O) groups excluding carboxylic acids is 2. The molecule has 0 aliphatic rings. The number of methoxy groups -OCH3 is 1. The molecule has 0 fully saturated rings. The molecule has 176 valence electrons. The van der Waals surface area contributed by atoms with Crippen LogP contribution in [0.15, 0.2) is 82.1 Å². The number of hydrogen-bond donors (Lipinski definition) is 1. The predicted octanol–water partition coefficient (Wildman–Crippen LogP) is 6.68. The molecule has 4 aromatic carbocycles. The van der Waals surface area contributed by atoms with Gasteiger partial charge in [-0.25, -0.2) is 0 Å². The lowest BCUT2D eigenvalue weighted by atomic mass is 10.1. The Bertz CT molecular complexity index is 1570. The molecule has 0 bridgehead atoms. The van der Waals surface area contributed by atoms with E-state index in [1.807, 2.05) is 66.7 Å². The lowest BCUT2D eigenvalue weighted by Gasteiger charge is -2.11. The number of hydrogen-bond acceptors (Lipinski definition) is 6. The maximum Gasteiger partial charge on any atom is 0.316 e. The smallest absolute Gasteiger partial charge is 0.316 e. The Morgan fingerprint density at radius 3 is 2.60 bits per heavy atom. The summed E-state index contributed by atoms with van der Waals surface area (Å²) in [6, 6.07) is 22.6. The monoisotopic (exact) mass is 505 g/mol. The van der Waals surface area contributed by atoms with E-state index in [4.69, 9.17) is 25.5 Å². The summed E-state index contributed by atoms with van der Waals surface area (Å²) in [5.41, 5.74) is 1.79. The van der Waals surface area contributed by atoms with Crippen LogP contribution in [-0.4, -0.2) is 31.3 Å². The summed E-state index contributed by atoms with van der Waals surface area (Å²) in [6.07, 6.45) is 0. The Morgan fingerprint density at radius 2 is 1.77 bits per heavy atom. The lowest BCUT2D eigenvalue weighted by Crippen LogP contribution is -2.21. The van der Waals surface area contributed by atoms with Gasteiger partial charge in [-0.1, -0.05) is 54.1 Å². The zero-order valence-electron chi connectivity index (χ0n) is 18.7. The van der Waals surface area contributed by atoms with Gasteiger partial charge >= 0.3 is 5.97 Å². The Balaban J connectivity index is 1.22. The van der Waals surface area contributed by atoms with E-state index in [1.165, 1.54) is 18.9 Å². The maximum absolute atomic E-state index is 12.5. The minimum atomic E-state index is -0.506. The van der Waals surface area contributed by atoms with E-state index in [9.17, 15) is 9.59 Å². The third kappa shape index (κ3) is 4.78. The summed E-state index contributed by atoms with van der Waals surface area (Å²) in [4.78, 5) is 25.7. The number of amides is 1. The molecule has 1 N–H and O–H groups in total. The van der Waals surface area contributed by atoms with Crippen molar-refractivity contribution >= 4 is 73.6 Å². The molecule has 1 amide bonds. The number of carbonyl (C=O) groups is 2. The SMILES string of the molecule is COc1cc2c(cc1NC(=O)COC(=O)CSc1cccc3cccc(Cl)c13)oc1ccccc12. The number of benzene rings is 4. The van der Waals surface area contributed by atoms with Gasteiger partial charge in [0.25, 0.3) is 5.91 Å². The number of ether oxygens (including phenoxy) is 2. The number of fused-ring (bicyclic) bond motifs is 4. The predicted molar refractivity (Wildman–Crippen MR) is 140 cm³/mol. The number of para-hydroxylation sites is 1. The number of halogens is 1. The molecule has 6 nitrogen and oxygen atoms in total. The van der Waals surface area contributed by atoms with Crippen molar-refractivity contribution in [3.8, 4) is 5.75 Å². The fourth-order valence-corrected chi connectivity index (χ4v) is 5.15. The summed E-state index contributed by atoms with van der Waals surface area (Å²) in [7, 11) is 1.52. The standard InChI is InChI=1S/C27H20ClNO5S/c1-32-23-12-18-17-8-2-3-10-21(17)34-22(18)13-20(23)29-25(30)14-33-26(31)15-35-24-11-5-7-16-6-4-9-19(28)27(16)24/h2-13H,14-15H2,1H3,(H,29,30). The van der Waals surface area contributed by atoms with Crippen LogP contribution in [0, 0.1) is 0 Å². The van der Waals surface area contributed by atoms with Crippen molar-refractivity contribution < 1.29 is 23.5 Å². The fraction of sp³-hybridized carbons (Fsp3) is 0.111. The minimum Gasteiger partial charge on any atom is -0.495 e. The zero-order chi connectivity index (χ0) is 24.4. The first-order chi connectivity index (χ1) is 17.0. The van der Waals surface area contributed by atoms with Gasteiger partial charge < -0.3 is 19.2 Å². The third-order valence-electron chi connectivity index (χ3n) is 5.50. The molecule has 0 spiro atoms. The highest BCUT2D eigenvalue weighted by atomic mass is 35.5. The average Bonchev–Trinajstić information content (AvgIpc) is 3.23. The van der Waals surface area contributed by atoms with Gasteiger partial charge in [-0.15, -0.1) is 11.8 Å². The minimum absolute atomic E-state index is 0.0475. The molecule has 0 aliphatic carbocycles. The number of furan rings is 1. The molecule has 0 aliphatic heterocycles. The number of rotatable bonds is 7. The van der Waals surface area contributed by atoms with E-state index in [2.05, 4.69) is 5.32 Å². The van der Waals surface area contributed by atoms with Crippen LogP contribution in [0.2, 0.25) is 5.02 Å². The van der Waals surface area contributed by atoms with Gasteiger partial charge in [0.1, 0.15) is 16.9 Å². The van der Waals surface area contributed by atoms with Crippen molar-refractivity contribution in [3.63, 3.8) is 0 Å². The molecule has 0 atom stereocenters. The highest BCUT2D eigenvalue weighted by molar-refractivity contribution is 8.00. The average molecular weight is 506 g/mol. The van der Waals surface area contributed by atoms with Gasteiger partial charge in [-0.05, 0) is 29.7 Å².